The van der Waals surface area contributed by atoms with E-state index in [0.717, 1.165) is 17.0 Å². The molecule has 9 heteroatoms. The minimum atomic E-state index is -0.259. The number of hydrogen-bond acceptors (Lipinski definition) is 7. The van der Waals surface area contributed by atoms with Crippen LogP contribution in [0.1, 0.15) is 34.3 Å². The molecule has 0 spiro atoms. The van der Waals surface area contributed by atoms with Gasteiger partial charge in [0.2, 0.25) is 0 Å². The number of carbonyl (C=O) groups is 2. The average Bonchev–Trinajstić information content (AvgIpc) is 3.09. The van der Waals surface area contributed by atoms with Gasteiger partial charge in [-0.2, -0.15) is 0 Å². The molecule has 162 valence electrons. The lowest BCUT2D eigenvalue weighted by Gasteiger charge is -2.10. The van der Waals surface area contributed by atoms with Crippen LogP contribution in [0.25, 0.3) is 0 Å². The van der Waals surface area contributed by atoms with Crippen LogP contribution in [0.5, 0.6) is 5.75 Å². The fourth-order valence-corrected chi connectivity index (χ4v) is 3.90. The number of nitrogens with zero attached hydrogens (tertiary/aromatic N) is 2. The van der Waals surface area contributed by atoms with Crippen LogP contribution in [0, 0.1) is 13.8 Å². The van der Waals surface area contributed by atoms with Crippen LogP contribution in [0.3, 0.4) is 0 Å². The number of aryl methyl sites for hydroxylation is 2. The van der Waals surface area contributed by atoms with E-state index in [1.807, 2.05) is 20.8 Å². The van der Waals surface area contributed by atoms with E-state index in [4.69, 9.17) is 9.26 Å². The molecular weight excluding hydrogens is 416 g/mol. The number of pyridine rings is 1. The number of benzene rings is 1. The van der Waals surface area contributed by atoms with E-state index in [9.17, 15) is 9.59 Å². The third-order valence-corrected chi connectivity index (χ3v) is 5.44. The van der Waals surface area contributed by atoms with Crippen molar-refractivity contribution in [2.24, 2.45) is 0 Å². The molecule has 3 rings (SSSR count). The van der Waals surface area contributed by atoms with Crippen LogP contribution in [-0.4, -0.2) is 35.1 Å². The lowest BCUT2D eigenvalue weighted by Crippen LogP contribution is -2.28. The first kappa shape index (κ1) is 22.4. The van der Waals surface area contributed by atoms with Crippen LogP contribution >= 0.6 is 11.8 Å². The predicted octanol–water partition coefficient (Wildman–Crippen LogP) is 3.75. The molecule has 31 heavy (non-hydrogen) atoms. The van der Waals surface area contributed by atoms with Crippen LogP contribution < -0.4 is 15.4 Å². The van der Waals surface area contributed by atoms with Crippen molar-refractivity contribution in [2.75, 3.05) is 18.5 Å². The van der Waals surface area contributed by atoms with E-state index < -0.39 is 0 Å². The maximum Gasteiger partial charge on any atom is 0.258 e. The molecule has 0 saturated carbocycles. The zero-order valence-corrected chi connectivity index (χ0v) is 18.4. The monoisotopic (exact) mass is 440 g/mol. The van der Waals surface area contributed by atoms with Crippen molar-refractivity contribution < 1.29 is 18.8 Å². The molecule has 0 fully saturated rings. The van der Waals surface area contributed by atoms with Gasteiger partial charge in [0.15, 0.2) is 6.61 Å². The van der Waals surface area contributed by atoms with E-state index in [1.165, 1.54) is 11.8 Å². The normalized spacial score (nSPS) is 10.5. The van der Waals surface area contributed by atoms with Crippen LogP contribution in [0.2, 0.25) is 0 Å². The fourth-order valence-electron chi connectivity index (χ4n) is 2.76. The van der Waals surface area contributed by atoms with E-state index >= 15 is 0 Å². The van der Waals surface area contributed by atoms with Gasteiger partial charge in [0.05, 0.1) is 11.3 Å². The molecule has 1 aromatic carbocycles. The van der Waals surface area contributed by atoms with Crippen molar-refractivity contribution in [3.8, 4) is 5.75 Å². The van der Waals surface area contributed by atoms with Gasteiger partial charge in [-0.25, -0.2) is 4.98 Å². The average molecular weight is 441 g/mol. The summed E-state index contributed by atoms with van der Waals surface area (Å²) in [5.41, 5.74) is 2.93. The molecule has 2 heterocycles. The Hall–Kier alpha value is -3.33. The number of aromatic nitrogens is 2. The van der Waals surface area contributed by atoms with Crippen molar-refractivity contribution in [3.63, 3.8) is 0 Å². The Bertz CT molecular complexity index is 1030. The number of anilines is 1. The summed E-state index contributed by atoms with van der Waals surface area (Å²) < 4.78 is 10.6. The molecule has 0 bridgehead atoms. The summed E-state index contributed by atoms with van der Waals surface area (Å²) >= 11 is 1.46. The standard InChI is InChI=1S/C22H24N4O4S/c1-4-23-20(27)12-29-17-9-7-16(8-10-17)25-21(28)18-6-5-11-24-22(18)31-13-19-14(2)26-30-15(19)3/h5-11H,4,12-13H2,1-3H3,(H,23,27)(H,25,28). The highest BCUT2D eigenvalue weighted by molar-refractivity contribution is 7.98. The van der Waals surface area contributed by atoms with Gasteiger partial charge in [-0.3, -0.25) is 9.59 Å². The summed E-state index contributed by atoms with van der Waals surface area (Å²) in [5, 5.41) is 10.1. The number of carbonyl (C=O) groups excluding carboxylic acids is 2. The quantitative estimate of drug-likeness (QED) is 0.488. The van der Waals surface area contributed by atoms with Crippen LogP contribution in [0.15, 0.2) is 52.1 Å². The predicted molar refractivity (Wildman–Crippen MR) is 118 cm³/mol. The second-order valence-corrected chi connectivity index (χ2v) is 7.63. The van der Waals surface area contributed by atoms with Gasteiger partial charge in [0, 0.05) is 29.7 Å². The maximum atomic E-state index is 12.8. The second-order valence-electron chi connectivity index (χ2n) is 6.67. The summed E-state index contributed by atoms with van der Waals surface area (Å²) in [6.45, 7) is 6.10. The Morgan fingerprint density at radius 3 is 2.61 bits per heavy atom. The van der Waals surface area contributed by atoms with Crippen molar-refractivity contribution in [3.05, 3.63) is 65.2 Å². The SMILES string of the molecule is CCNC(=O)COc1ccc(NC(=O)c2cccnc2SCc2c(C)noc2C)cc1. The summed E-state index contributed by atoms with van der Waals surface area (Å²) in [4.78, 5) is 28.7. The molecule has 0 atom stereocenters. The molecule has 0 aliphatic carbocycles. The topological polar surface area (TPSA) is 106 Å². The van der Waals surface area contributed by atoms with Gasteiger partial charge in [-0.15, -0.1) is 11.8 Å². The molecular formula is C22H24N4O4S. The highest BCUT2D eigenvalue weighted by Crippen LogP contribution is 2.27. The molecule has 0 saturated heterocycles. The van der Waals surface area contributed by atoms with Crippen LogP contribution in [0.4, 0.5) is 5.69 Å². The van der Waals surface area contributed by atoms with Crippen molar-refractivity contribution >= 4 is 29.3 Å². The van der Waals surface area contributed by atoms with Crippen molar-refractivity contribution in [1.29, 1.82) is 0 Å². The summed E-state index contributed by atoms with van der Waals surface area (Å²) in [7, 11) is 0. The highest BCUT2D eigenvalue weighted by Gasteiger charge is 2.16. The number of amides is 2. The maximum absolute atomic E-state index is 12.8. The molecule has 0 radical (unpaired) electrons. The smallest absolute Gasteiger partial charge is 0.258 e. The van der Waals surface area contributed by atoms with Crippen molar-refractivity contribution in [1.82, 2.24) is 15.5 Å². The third kappa shape index (κ3) is 6.08. The first-order valence-corrected chi connectivity index (χ1v) is 10.8. The molecule has 3 aromatic rings. The zero-order chi connectivity index (χ0) is 22.2. The molecule has 0 unspecified atom stereocenters. The van der Waals surface area contributed by atoms with E-state index in [0.29, 0.717) is 34.3 Å². The lowest BCUT2D eigenvalue weighted by atomic mass is 10.2. The van der Waals surface area contributed by atoms with Crippen LogP contribution in [-0.2, 0) is 10.5 Å². The fraction of sp³-hybridized carbons (Fsp3) is 0.273. The number of thioether (sulfide) groups is 1. The van der Waals surface area contributed by atoms with Gasteiger partial charge in [0.25, 0.3) is 11.8 Å². The first-order chi connectivity index (χ1) is 15.0. The molecule has 0 aliphatic heterocycles. The zero-order valence-electron chi connectivity index (χ0n) is 17.6. The molecule has 8 nitrogen and oxygen atoms in total. The second kappa shape index (κ2) is 10.6. The molecule has 2 N–H and O–H groups in total. The summed E-state index contributed by atoms with van der Waals surface area (Å²) in [5.74, 6) is 1.47. The largest absolute Gasteiger partial charge is 0.484 e. The number of ether oxygens (including phenoxy) is 1. The Morgan fingerprint density at radius 2 is 1.94 bits per heavy atom. The number of nitrogens with one attached hydrogen (secondary N) is 2. The minimum Gasteiger partial charge on any atom is -0.484 e. The number of likely N-dealkylation sites (N-methyl/N-ethyl adjacent to an activating group) is 1. The van der Waals surface area contributed by atoms with E-state index in [1.54, 1.807) is 42.6 Å². The van der Waals surface area contributed by atoms with Gasteiger partial charge in [0.1, 0.15) is 16.5 Å². The first-order valence-electron chi connectivity index (χ1n) is 9.78. The van der Waals surface area contributed by atoms with Gasteiger partial charge < -0.3 is 19.9 Å². The molecule has 2 aromatic heterocycles. The molecule has 0 aliphatic rings. The van der Waals surface area contributed by atoms with E-state index in [2.05, 4.69) is 20.8 Å². The molecule has 2 amide bonds. The Balaban J connectivity index is 1.62. The van der Waals surface area contributed by atoms with Gasteiger partial charge >= 0.3 is 0 Å². The Morgan fingerprint density at radius 1 is 1.16 bits per heavy atom. The van der Waals surface area contributed by atoms with E-state index in [-0.39, 0.29) is 18.4 Å². The van der Waals surface area contributed by atoms with Gasteiger partial charge in [-0.05, 0) is 57.2 Å². The number of hydrogen-bond donors (Lipinski definition) is 2. The third-order valence-electron chi connectivity index (χ3n) is 4.41. The Kier molecular flexibility index (Phi) is 7.66. The number of rotatable bonds is 9. The minimum absolute atomic E-state index is 0.0546. The van der Waals surface area contributed by atoms with Crippen molar-refractivity contribution in [2.45, 2.75) is 31.6 Å². The summed E-state index contributed by atoms with van der Waals surface area (Å²) in [6, 6.07) is 10.3. The van der Waals surface area contributed by atoms with Gasteiger partial charge in [-0.1, -0.05) is 5.16 Å². The summed E-state index contributed by atoms with van der Waals surface area (Å²) in [6.07, 6.45) is 1.66. The highest BCUT2D eigenvalue weighted by atomic mass is 32.2. The Labute approximate surface area is 184 Å². The lowest BCUT2D eigenvalue weighted by molar-refractivity contribution is -0.122.